The highest BCUT2D eigenvalue weighted by Crippen LogP contribution is 1.98. The SMILES string of the molecule is B/C=C/CCCCC. The van der Waals surface area contributed by atoms with Crippen LogP contribution in [0.3, 0.4) is 0 Å². The molecule has 0 saturated carbocycles. The predicted octanol–water partition coefficient (Wildman–Crippen LogP) is 1.71. The summed E-state index contributed by atoms with van der Waals surface area (Å²) in [5, 5.41) is 0. The van der Waals surface area contributed by atoms with Crippen LogP contribution in [0.1, 0.15) is 32.6 Å². The largest absolute Gasteiger partial charge is 0.129 e. The number of unbranched alkanes of at least 4 members (excludes halogenated alkanes) is 3. The normalized spacial score (nSPS) is 10.6. The fraction of sp³-hybridized carbons (Fsp3) is 0.714. The van der Waals surface area contributed by atoms with Crippen molar-refractivity contribution in [3.05, 3.63) is 12.1 Å². The molecule has 0 aromatic heterocycles. The van der Waals surface area contributed by atoms with Crippen molar-refractivity contribution in [1.82, 2.24) is 0 Å². The van der Waals surface area contributed by atoms with Crippen LogP contribution in [0, 0.1) is 0 Å². The zero-order chi connectivity index (χ0) is 6.24. The van der Waals surface area contributed by atoms with Gasteiger partial charge in [0.15, 0.2) is 0 Å². The predicted molar refractivity (Wildman–Crippen MR) is 41.8 cm³/mol. The molecule has 0 aliphatic carbocycles. The van der Waals surface area contributed by atoms with Crippen LogP contribution in [-0.4, -0.2) is 7.85 Å². The average Bonchev–Trinajstić information content (AvgIpc) is 1.81. The topological polar surface area (TPSA) is 0 Å². The molecule has 0 aromatic rings. The number of allylic oxidation sites excluding steroid dienone is 1. The molecule has 0 heterocycles. The Morgan fingerprint density at radius 3 is 2.62 bits per heavy atom. The van der Waals surface area contributed by atoms with Gasteiger partial charge in [-0.05, 0) is 12.8 Å². The Hall–Kier alpha value is -0.195. The smallest absolute Gasteiger partial charge is 0.128 e. The Bertz CT molecular complexity index is 57.4. The second-order valence-corrected chi connectivity index (χ2v) is 2.06. The summed E-state index contributed by atoms with van der Waals surface area (Å²) in [6.07, 6.45) is 7.57. The van der Waals surface area contributed by atoms with Crippen LogP contribution in [0.5, 0.6) is 0 Å². The second kappa shape index (κ2) is 6.80. The molecule has 0 atom stereocenters. The maximum absolute atomic E-state index is 2.23. The first-order valence-corrected chi connectivity index (χ1v) is 3.53. The van der Waals surface area contributed by atoms with E-state index < -0.39 is 0 Å². The van der Waals surface area contributed by atoms with Crippen molar-refractivity contribution >= 4 is 7.85 Å². The van der Waals surface area contributed by atoms with Crippen molar-refractivity contribution in [2.24, 2.45) is 0 Å². The van der Waals surface area contributed by atoms with Gasteiger partial charge in [-0.2, -0.15) is 0 Å². The molecule has 0 aliphatic rings. The summed E-state index contributed by atoms with van der Waals surface area (Å²) in [7, 11) is 2.08. The molecule has 46 valence electrons. The molecule has 8 heavy (non-hydrogen) atoms. The summed E-state index contributed by atoms with van der Waals surface area (Å²) in [5.41, 5.74) is 0. The first kappa shape index (κ1) is 7.80. The van der Waals surface area contributed by atoms with Crippen LogP contribution in [-0.2, 0) is 0 Å². The summed E-state index contributed by atoms with van der Waals surface area (Å²) < 4.78 is 0. The lowest BCUT2D eigenvalue weighted by Crippen LogP contribution is -1.69. The quantitative estimate of drug-likeness (QED) is 0.381. The molecule has 0 aliphatic heterocycles. The fourth-order valence-electron chi connectivity index (χ4n) is 0.679. The Labute approximate surface area is 53.4 Å². The van der Waals surface area contributed by atoms with E-state index in [2.05, 4.69) is 26.8 Å². The van der Waals surface area contributed by atoms with Gasteiger partial charge in [0.2, 0.25) is 0 Å². The summed E-state index contributed by atoms with van der Waals surface area (Å²) in [6, 6.07) is 0. The Balaban J connectivity index is 2.72. The first-order valence-electron chi connectivity index (χ1n) is 3.53. The molecular weight excluding hydrogens is 94.9 g/mol. The molecule has 0 bridgehead atoms. The molecule has 0 fully saturated rings. The van der Waals surface area contributed by atoms with Gasteiger partial charge >= 0.3 is 0 Å². The molecule has 0 nitrogen and oxygen atoms in total. The Kier molecular flexibility index (Phi) is 6.64. The number of rotatable bonds is 4. The lowest BCUT2D eigenvalue weighted by Gasteiger charge is -1.88. The standard InChI is InChI=1S/C7H15B/c1-2-3-4-5-6-7-8/h6-7H,2-5,8H2,1H3/b7-6+. The van der Waals surface area contributed by atoms with Crippen LogP contribution in [0.4, 0.5) is 0 Å². The van der Waals surface area contributed by atoms with E-state index in [1.807, 2.05) is 0 Å². The number of hydrogen-bond donors (Lipinski definition) is 0. The highest BCUT2D eigenvalue weighted by Gasteiger charge is 1.78. The molecule has 0 rings (SSSR count). The van der Waals surface area contributed by atoms with E-state index >= 15 is 0 Å². The maximum atomic E-state index is 2.23. The molecule has 0 amide bonds. The lowest BCUT2D eigenvalue weighted by atomic mass is 10.1. The third kappa shape index (κ3) is 5.80. The highest BCUT2D eigenvalue weighted by molar-refractivity contribution is 6.16. The van der Waals surface area contributed by atoms with Gasteiger partial charge in [0.1, 0.15) is 7.85 Å². The van der Waals surface area contributed by atoms with Crippen LogP contribution in [0.2, 0.25) is 0 Å². The maximum Gasteiger partial charge on any atom is 0.129 e. The highest BCUT2D eigenvalue weighted by atomic mass is 13.8. The summed E-state index contributed by atoms with van der Waals surface area (Å²) in [6.45, 7) is 2.23. The van der Waals surface area contributed by atoms with Crippen molar-refractivity contribution in [3.63, 3.8) is 0 Å². The van der Waals surface area contributed by atoms with E-state index in [9.17, 15) is 0 Å². The van der Waals surface area contributed by atoms with Gasteiger partial charge in [0, 0.05) is 0 Å². The van der Waals surface area contributed by atoms with Gasteiger partial charge in [-0.25, -0.2) is 0 Å². The molecule has 0 spiro atoms. The zero-order valence-electron chi connectivity index (χ0n) is 5.98. The monoisotopic (exact) mass is 110 g/mol. The van der Waals surface area contributed by atoms with Gasteiger partial charge in [-0.3, -0.25) is 0 Å². The van der Waals surface area contributed by atoms with Crippen molar-refractivity contribution in [3.8, 4) is 0 Å². The van der Waals surface area contributed by atoms with Crippen LogP contribution < -0.4 is 0 Å². The van der Waals surface area contributed by atoms with Gasteiger partial charge in [0.05, 0.1) is 0 Å². The van der Waals surface area contributed by atoms with E-state index in [0.29, 0.717) is 0 Å². The van der Waals surface area contributed by atoms with Crippen molar-refractivity contribution in [2.45, 2.75) is 32.6 Å². The minimum absolute atomic E-state index is 1.27. The summed E-state index contributed by atoms with van der Waals surface area (Å²) in [4.78, 5) is 0. The molecule has 0 aromatic carbocycles. The second-order valence-electron chi connectivity index (χ2n) is 2.06. The van der Waals surface area contributed by atoms with Crippen LogP contribution in [0.25, 0.3) is 0 Å². The molecule has 0 N–H and O–H groups in total. The summed E-state index contributed by atoms with van der Waals surface area (Å²) >= 11 is 0. The van der Waals surface area contributed by atoms with Gasteiger partial charge in [-0.1, -0.05) is 25.8 Å². The van der Waals surface area contributed by atoms with E-state index in [-0.39, 0.29) is 0 Å². The average molecular weight is 110 g/mol. The van der Waals surface area contributed by atoms with Gasteiger partial charge < -0.3 is 0 Å². The minimum Gasteiger partial charge on any atom is -0.128 e. The first-order chi connectivity index (χ1) is 3.91. The van der Waals surface area contributed by atoms with E-state index in [1.165, 1.54) is 25.7 Å². The van der Waals surface area contributed by atoms with Crippen molar-refractivity contribution in [1.29, 1.82) is 0 Å². The van der Waals surface area contributed by atoms with Crippen molar-refractivity contribution in [2.75, 3.05) is 0 Å². The Morgan fingerprint density at radius 2 is 2.12 bits per heavy atom. The fourth-order valence-corrected chi connectivity index (χ4v) is 0.679. The van der Waals surface area contributed by atoms with Crippen LogP contribution >= 0.6 is 0 Å². The third-order valence-corrected chi connectivity index (χ3v) is 1.21. The molecular formula is C7H15B. The van der Waals surface area contributed by atoms with E-state index in [0.717, 1.165) is 0 Å². The zero-order valence-corrected chi connectivity index (χ0v) is 5.98. The van der Waals surface area contributed by atoms with Crippen molar-refractivity contribution < 1.29 is 0 Å². The Morgan fingerprint density at radius 1 is 1.38 bits per heavy atom. The molecule has 0 radical (unpaired) electrons. The molecule has 0 unspecified atom stereocenters. The lowest BCUT2D eigenvalue weighted by molar-refractivity contribution is 0.729. The van der Waals surface area contributed by atoms with Gasteiger partial charge in [-0.15, -0.1) is 5.98 Å². The van der Waals surface area contributed by atoms with E-state index in [4.69, 9.17) is 0 Å². The number of hydrogen-bond acceptors (Lipinski definition) is 0. The summed E-state index contributed by atoms with van der Waals surface area (Å²) in [5.74, 6) is 2.12. The van der Waals surface area contributed by atoms with Crippen LogP contribution in [0.15, 0.2) is 12.1 Å². The molecule has 0 saturated heterocycles. The third-order valence-electron chi connectivity index (χ3n) is 1.21. The minimum atomic E-state index is 1.27. The van der Waals surface area contributed by atoms with Gasteiger partial charge in [0.25, 0.3) is 0 Å². The molecule has 1 heteroatoms. The van der Waals surface area contributed by atoms with E-state index in [1.54, 1.807) is 0 Å².